The standard InChI is InChI=1S/C15H18N2O3S/c1-15(2,3)20-13(19)9-17-12(18)10-21-14(17)16-11-7-5-4-6-8-11/h4-8H,9-10H2,1-3H3. The summed E-state index contributed by atoms with van der Waals surface area (Å²) >= 11 is 1.33. The summed E-state index contributed by atoms with van der Waals surface area (Å²) in [7, 11) is 0. The molecule has 0 saturated carbocycles. The molecule has 1 amide bonds. The second kappa shape index (κ2) is 6.30. The molecule has 0 radical (unpaired) electrons. The highest BCUT2D eigenvalue weighted by Gasteiger charge is 2.31. The fourth-order valence-electron chi connectivity index (χ4n) is 1.75. The second-order valence-electron chi connectivity index (χ2n) is 5.58. The van der Waals surface area contributed by atoms with E-state index < -0.39 is 11.6 Å². The summed E-state index contributed by atoms with van der Waals surface area (Å²) in [6.45, 7) is 5.29. The monoisotopic (exact) mass is 306 g/mol. The molecule has 0 spiro atoms. The molecule has 5 nitrogen and oxygen atoms in total. The molecule has 1 heterocycles. The molecule has 0 atom stereocenters. The highest BCUT2D eigenvalue weighted by molar-refractivity contribution is 8.15. The molecule has 6 heteroatoms. The van der Waals surface area contributed by atoms with Crippen LogP contribution in [-0.4, -0.2) is 39.8 Å². The number of esters is 1. The van der Waals surface area contributed by atoms with Gasteiger partial charge in [-0.1, -0.05) is 30.0 Å². The Kier molecular flexibility index (Phi) is 4.67. The lowest BCUT2D eigenvalue weighted by molar-refractivity contribution is -0.156. The SMILES string of the molecule is CC(C)(C)OC(=O)CN1C(=O)CSC1=Nc1ccccc1. The minimum Gasteiger partial charge on any atom is -0.459 e. The molecule has 0 unspecified atom stereocenters. The molecule has 21 heavy (non-hydrogen) atoms. The third-order valence-corrected chi connectivity index (χ3v) is 3.51. The van der Waals surface area contributed by atoms with E-state index >= 15 is 0 Å². The summed E-state index contributed by atoms with van der Waals surface area (Å²) in [4.78, 5) is 29.6. The van der Waals surface area contributed by atoms with Crippen LogP contribution in [0.2, 0.25) is 0 Å². The molecule has 1 aliphatic rings. The fraction of sp³-hybridized carbons (Fsp3) is 0.400. The third kappa shape index (κ3) is 4.60. The van der Waals surface area contributed by atoms with E-state index in [1.165, 1.54) is 16.7 Å². The highest BCUT2D eigenvalue weighted by atomic mass is 32.2. The number of thioether (sulfide) groups is 1. The molecule has 1 fully saturated rings. The Labute approximate surface area is 128 Å². The van der Waals surface area contributed by atoms with Crippen molar-refractivity contribution >= 4 is 34.5 Å². The van der Waals surface area contributed by atoms with E-state index in [0.717, 1.165) is 5.69 Å². The van der Waals surface area contributed by atoms with Crippen LogP contribution in [0, 0.1) is 0 Å². The average molecular weight is 306 g/mol. The van der Waals surface area contributed by atoms with Crippen molar-refractivity contribution in [3.63, 3.8) is 0 Å². The number of carbonyl (C=O) groups is 2. The van der Waals surface area contributed by atoms with Gasteiger partial charge in [0.1, 0.15) is 12.1 Å². The van der Waals surface area contributed by atoms with E-state index in [1.54, 1.807) is 20.8 Å². The maximum atomic E-state index is 11.9. The Morgan fingerprint density at radius 3 is 2.62 bits per heavy atom. The van der Waals surface area contributed by atoms with Crippen molar-refractivity contribution in [1.29, 1.82) is 0 Å². The second-order valence-corrected chi connectivity index (χ2v) is 6.53. The molecular weight excluding hydrogens is 288 g/mol. The van der Waals surface area contributed by atoms with E-state index in [2.05, 4.69) is 4.99 Å². The van der Waals surface area contributed by atoms with Gasteiger partial charge in [-0.25, -0.2) is 4.99 Å². The lowest BCUT2D eigenvalue weighted by Crippen LogP contribution is -2.38. The van der Waals surface area contributed by atoms with Gasteiger partial charge in [-0.2, -0.15) is 0 Å². The smallest absolute Gasteiger partial charge is 0.326 e. The Morgan fingerprint density at radius 1 is 1.33 bits per heavy atom. The van der Waals surface area contributed by atoms with Crippen molar-refractivity contribution in [3.05, 3.63) is 30.3 Å². The van der Waals surface area contributed by atoms with E-state index in [-0.39, 0.29) is 12.5 Å². The first-order chi connectivity index (χ1) is 9.85. The van der Waals surface area contributed by atoms with Gasteiger partial charge in [-0.05, 0) is 32.9 Å². The van der Waals surface area contributed by atoms with E-state index in [0.29, 0.717) is 10.9 Å². The topological polar surface area (TPSA) is 59.0 Å². The third-order valence-electron chi connectivity index (χ3n) is 2.54. The number of ether oxygens (including phenoxy) is 1. The molecule has 1 saturated heterocycles. The van der Waals surface area contributed by atoms with Gasteiger partial charge in [0, 0.05) is 0 Å². The Balaban J connectivity index is 2.11. The van der Waals surface area contributed by atoms with Crippen LogP contribution in [0.5, 0.6) is 0 Å². The lowest BCUT2D eigenvalue weighted by Gasteiger charge is -2.22. The first kappa shape index (κ1) is 15.6. The minimum absolute atomic E-state index is 0.102. The molecule has 1 aromatic carbocycles. The normalized spacial score (nSPS) is 17.4. The van der Waals surface area contributed by atoms with Gasteiger partial charge in [0.25, 0.3) is 0 Å². The molecular formula is C15H18N2O3S. The van der Waals surface area contributed by atoms with E-state index in [9.17, 15) is 9.59 Å². The highest BCUT2D eigenvalue weighted by Crippen LogP contribution is 2.23. The van der Waals surface area contributed by atoms with Gasteiger partial charge in [-0.3, -0.25) is 14.5 Å². The van der Waals surface area contributed by atoms with Crippen LogP contribution in [0.4, 0.5) is 5.69 Å². The summed E-state index contributed by atoms with van der Waals surface area (Å²) in [5.41, 5.74) is 0.188. The number of amidine groups is 1. The molecule has 0 N–H and O–H groups in total. The number of amides is 1. The van der Waals surface area contributed by atoms with Crippen LogP contribution in [0.3, 0.4) is 0 Å². The Morgan fingerprint density at radius 2 is 2.00 bits per heavy atom. The van der Waals surface area contributed by atoms with Crippen molar-refractivity contribution in [1.82, 2.24) is 4.90 Å². The summed E-state index contributed by atoms with van der Waals surface area (Å²) in [5, 5.41) is 0.539. The van der Waals surface area contributed by atoms with Crippen molar-refractivity contribution in [3.8, 4) is 0 Å². The van der Waals surface area contributed by atoms with Gasteiger partial charge in [0.15, 0.2) is 5.17 Å². The predicted molar refractivity (Wildman–Crippen MR) is 83.6 cm³/mol. The number of hydrogen-bond acceptors (Lipinski definition) is 5. The van der Waals surface area contributed by atoms with Gasteiger partial charge < -0.3 is 4.74 Å². The van der Waals surface area contributed by atoms with Gasteiger partial charge in [-0.15, -0.1) is 0 Å². The van der Waals surface area contributed by atoms with Crippen LogP contribution in [-0.2, 0) is 14.3 Å². The van der Waals surface area contributed by atoms with Gasteiger partial charge >= 0.3 is 5.97 Å². The average Bonchev–Trinajstić information content (AvgIpc) is 2.70. The molecule has 2 rings (SSSR count). The first-order valence-electron chi connectivity index (χ1n) is 6.64. The van der Waals surface area contributed by atoms with Crippen molar-refractivity contribution in [2.75, 3.05) is 12.3 Å². The van der Waals surface area contributed by atoms with Gasteiger partial charge in [0.2, 0.25) is 5.91 Å². The van der Waals surface area contributed by atoms with Crippen LogP contribution in [0.25, 0.3) is 0 Å². The first-order valence-corrected chi connectivity index (χ1v) is 7.62. The number of hydrogen-bond donors (Lipinski definition) is 0. The number of nitrogens with zero attached hydrogens (tertiary/aromatic N) is 2. The Bertz CT molecular complexity index is 564. The summed E-state index contributed by atoms with van der Waals surface area (Å²) < 4.78 is 5.25. The van der Waals surface area contributed by atoms with Gasteiger partial charge in [0.05, 0.1) is 11.4 Å². The zero-order chi connectivity index (χ0) is 15.5. The van der Waals surface area contributed by atoms with Crippen LogP contribution >= 0.6 is 11.8 Å². The molecule has 112 valence electrons. The zero-order valence-corrected chi connectivity index (χ0v) is 13.1. The van der Waals surface area contributed by atoms with E-state index in [1.807, 2.05) is 30.3 Å². The van der Waals surface area contributed by atoms with Crippen LogP contribution in [0.1, 0.15) is 20.8 Å². The van der Waals surface area contributed by atoms with Crippen LogP contribution < -0.4 is 0 Å². The molecule has 0 bridgehead atoms. The van der Waals surface area contributed by atoms with Crippen molar-refractivity contribution in [2.24, 2.45) is 4.99 Å². The summed E-state index contributed by atoms with van der Waals surface area (Å²) in [5.74, 6) is -0.256. The minimum atomic E-state index is -0.566. The van der Waals surface area contributed by atoms with Crippen molar-refractivity contribution < 1.29 is 14.3 Å². The number of benzene rings is 1. The maximum Gasteiger partial charge on any atom is 0.326 e. The number of rotatable bonds is 3. The van der Waals surface area contributed by atoms with E-state index in [4.69, 9.17) is 4.74 Å². The molecule has 1 aromatic rings. The quantitative estimate of drug-likeness (QED) is 0.805. The number of carbonyl (C=O) groups excluding carboxylic acids is 2. The lowest BCUT2D eigenvalue weighted by atomic mass is 10.2. The zero-order valence-electron chi connectivity index (χ0n) is 12.3. The molecule has 0 aliphatic carbocycles. The summed E-state index contributed by atoms with van der Waals surface area (Å²) in [6, 6.07) is 9.34. The summed E-state index contributed by atoms with van der Waals surface area (Å²) in [6.07, 6.45) is 0. The van der Waals surface area contributed by atoms with Crippen LogP contribution in [0.15, 0.2) is 35.3 Å². The Hall–Kier alpha value is -1.82. The largest absolute Gasteiger partial charge is 0.459 e. The maximum absolute atomic E-state index is 11.9. The molecule has 1 aliphatic heterocycles. The fourth-order valence-corrected chi connectivity index (χ4v) is 2.65. The number of aliphatic imine (C=N–C) groups is 1. The number of para-hydroxylation sites is 1. The molecule has 0 aromatic heterocycles. The predicted octanol–water partition coefficient (Wildman–Crippen LogP) is 2.59. The van der Waals surface area contributed by atoms with Crippen molar-refractivity contribution in [2.45, 2.75) is 26.4 Å².